The molecule has 0 fully saturated rings. The molecular weight excluding hydrogens is 384 g/mol. The fourth-order valence-electron chi connectivity index (χ4n) is 2.10. The first-order chi connectivity index (χ1) is 13.5. The molecule has 0 aliphatic heterocycles. The Kier molecular flexibility index (Phi) is 8.22. The third-order valence-corrected chi connectivity index (χ3v) is 3.99. The molecule has 0 unspecified atom stereocenters. The van der Waals surface area contributed by atoms with E-state index < -0.39 is 5.91 Å². The lowest BCUT2D eigenvalue weighted by Gasteiger charge is -2.11. The number of thiazole rings is 1. The normalized spacial score (nSPS) is 10.6. The first kappa shape index (κ1) is 21.2. The minimum Gasteiger partial charge on any atom is -0.490 e. The molecule has 9 nitrogen and oxygen atoms in total. The highest BCUT2D eigenvalue weighted by Crippen LogP contribution is 2.28. The van der Waals surface area contributed by atoms with Gasteiger partial charge in [-0.1, -0.05) is 0 Å². The molecule has 0 aliphatic carbocycles. The second kappa shape index (κ2) is 10.9. The fourth-order valence-corrected chi connectivity index (χ4v) is 2.76. The number of nitrogens with two attached hydrogens (primary N) is 1. The van der Waals surface area contributed by atoms with E-state index in [1.165, 1.54) is 11.3 Å². The van der Waals surface area contributed by atoms with E-state index >= 15 is 0 Å². The quantitative estimate of drug-likeness (QED) is 0.332. The van der Waals surface area contributed by atoms with Crippen molar-refractivity contribution in [1.82, 2.24) is 4.98 Å². The first-order valence-electron chi connectivity index (χ1n) is 8.58. The predicted octanol–water partition coefficient (Wildman–Crippen LogP) is 1.96. The Hall–Kier alpha value is -3.14. The number of esters is 1. The van der Waals surface area contributed by atoms with Crippen molar-refractivity contribution in [2.75, 3.05) is 25.2 Å². The van der Waals surface area contributed by atoms with Gasteiger partial charge in [0.25, 0.3) is 5.91 Å². The van der Waals surface area contributed by atoms with Crippen LogP contribution in [-0.2, 0) is 20.7 Å². The van der Waals surface area contributed by atoms with Crippen molar-refractivity contribution >= 4 is 34.6 Å². The molecule has 3 N–H and O–H groups in total. The molecule has 1 aromatic heterocycles. The number of hydrazone groups is 1. The number of aromatic nitrogens is 1. The number of benzene rings is 1. The van der Waals surface area contributed by atoms with Crippen LogP contribution in [0.2, 0.25) is 0 Å². The largest absolute Gasteiger partial charge is 0.490 e. The first-order valence-corrected chi connectivity index (χ1v) is 9.46. The van der Waals surface area contributed by atoms with Gasteiger partial charge in [0.15, 0.2) is 18.1 Å². The minimum atomic E-state index is -0.567. The molecule has 1 heterocycles. The Morgan fingerprint density at radius 3 is 2.79 bits per heavy atom. The van der Waals surface area contributed by atoms with Gasteiger partial charge in [0.05, 0.1) is 31.5 Å². The van der Waals surface area contributed by atoms with Crippen LogP contribution in [0.1, 0.15) is 25.1 Å². The summed E-state index contributed by atoms with van der Waals surface area (Å²) in [4.78, 5) is 26.6. The second-order valence-electron chi connectivity index (χ2n) is 5.39. The summed E-state index contributed by atoms with van der Waals surface area (Å²) in [6.07, 6.45) is 1.72. The van der Waals surface area contributed by atoms with Crippen LogP contribution in [0.25, 0.3) is 0 Å². The average molecular weight is 406 g/mol. The molecule has 0 spiro atoms. The van der Waals surface area contributed by atoms with Gasteiger partial charge in [-0.25, -0.2) is 4.98 Å². The molecule has 2 aromatic rings. The lowest BCUT2D eigenvalue weighted by molar-refractivity contribution is -0.142. The van der Waals surface area contributed by atoms with Crippen LogP contribution >= 0.6 is 11.3 Å². The Morgan fingerprint density at radius 1 is 1.25 bits per heavy atom. The highest BCUT2D eigenvalue weighted by Gasteiger charge is 2.09. The number of amides is 1. The summed E-state index contributed by atoms with van der Waals surface area (Å²) in [6.45, 7) is 4.15. The van der Waals surface area contributed by atoms with Crippen molar-refractivity contribution in [3.05, 3.63) is 34.8 Å². The number of primary amides is 1. The van der Waals surface area contributed by atoms with Crippen molar-refractivity contribution in [2.45, 2.75) is 20.3 Å². The van der Waals surface area contributed by atoms with Gasteiger partial charge < -0.3 is 19.9 Å². The number of hydrogen-bond donors (Lipinski definition) is 2. The van der Waals surface area contributed by atoms with Crippen LogP contribution in [0.15, 0.2) is 28.7 Å². The van der Waals surface area contributed by atoms with E-state index in [-0.39, 0.29) is 19.0 Å². The number of carbonyl (C=O) groups excluding carboxylic acids is 2. The van der Waals surface area contributed by atoms with Gasteiger partial charge in [0, 0.05) is 5.38 Å². The summed E-state index contributed by atoms with van der Waals surface area (Å²) in [7, 11) is 0. The van der Waals surface area contributed by atoms with Crippen molar-refractivity contribution in [1.29, 1.82) is 0 Å². The van der Waals surface area contributed by atoms with Gasteiger partial charge in [-0.15, -0.1) is 11.3 Å². The summed E-state index contributed by atoms with van der Waals surface area (Å²) in [5.41, 5.74) is 9.29. The summed E-state index contributed by atoms with van der Waals surface area (Å²) in [6, 6.07) is 5.17. The van der Waals surface area contributed by atoms with E-state index in [2.05, 4.69) is 15.5 Å². The topological polar surface area (TPSA) is 125 Å². The predicted molar refractivity (Wildman–Crippen MR) is 106 cm³/mol. The molecule has 1 aromatic carbocycles. The molecule has 0 atom stereocenters. The van der Waals surface area contributed by atoms with Gasteiger partial charge in [-0.3, -0.25) is 15.0 Å². The molecule has 1 amide bonds. The smallest absolute Gasteiger partial charge is 0.311 e. The van der Waals surface area contributed by atoms with Crippen LogP contribution in [0.5, 0.6) is 11.5 Å². The van der Waals surface area contributed by atoms with Gasteiger partial charge in [-0.05, 0) is 37.6 Å². The van der Waals surface area contributed by atoms with E-state index in [0.717, 1.165) is 5.56 Å². The average Bonchev–Trinajstić information content (AvgIpc) is 3.08. The SMILES string of the molecule is CCOC(=O)Cc1csc(NN=Cc2ccc(OCC(N)=O)c(OCC)c2)n1. The monoisotopic (exact) mass is 406 g/mol. The van der Waals surface area contributed by atoms with Gasteiger partial charge in [0.1, 0.15) is 0 Å². The summed E-state index contributed by atoms with van der Waals surface area (Å²) < 4.78 is 15.7. The standard InChI is InChI=1S/C18H22N4O5S/c1-3-25-15-7-12(5-6-14(15)27-10-16(19)23)9-20-22-18-21-13(11-28-18)8-17(24)26-4-2/h5-7,9,11H,3-4,8,10H2,1-2H3,(H2,19,23)(H,21,22). The molecule has 28 heavy (non-hydrogen) atoms. The fraction of sp³-hybridized carbons (Fsp3) is 0.333. The van der Waals surface area contributed by atoms with Crippen molar-refractivity contribution in [3.63, 3.8) is 0 Å². The van der Waals surface area contributed by atoms with Crippen LogP contribution in [0.4, 0.5) is 5.13 Å². The number of nitrogens with zero attached hydrogens (tertiary/aromatic N) is 2. The molecule has 0 saturated carbocycles. The lowest BCUT2D eigenvalue weighted by Crippen LogP contribution is -2.20. The van der Waals surface area contributed by atoms with Gasteiger partial charge in [-0.2, -0.15) is 5.10 Å². The highest BCUT2D eigenvalue weighted by molar-refractivity contribution is 7.13. The lowest BCUT2D eigenvalue weighted by atomic mass is 10.2. The van der Waals surface area contributed by atoms with E-state index in [1.807, 2.05) is 6.92 Å². The number of carbonyl (C=O) groups is 2. The van der Waals surface area contributed by atoms with Crippen LogP contribution in [-0.4, -0.2) is 42.9 Å². The molecule has 150 valence electrons. The number of anilines is 1. The number of ether oxygens (including phenoxy) is 3. The maximum absolute atomic E-state index is 11.5. The van der Waals surface area contributed by atoms with Gasteiger partial charge >= 0.3 is 5.97 Å². The summed E-state index contributed by atoms with van der Waals surface area (Å²) >= 11 is 1.34. The number of nitrogens with one attached hydrogen (secondary N) is 1. The Balaban J connectivity index is 1.98. The van der Waals surface area contributed by atoms with Crippen molar-refractivity contribution in [2.24, 2.45) is 10.8 Å². The zero-order valence-electron chi connectivity index (χ0n) is 15.6. The van der Waals surface area contributed by atoms with Gasteiger partial charge in [0.2, 0.25) is 5.13 Å². The van der Waals surface area contributed by atoms with E-state index in [1.54, 1.807) is 36.7 Å². The molecule has 0 saturated heterocycles. The van der Waals surface area contributed by atoms with Crippen LogP contribution < -0.4 is 20.6 Å². The second-order valence-corrected chi connectivity index (χ2v) is 6.25. The van der Waals surface area contributed by atoms with E-state index in [0.29, 0.717) is 35.5 Å². The molecule has 2 rings (SSSR count). The third kappa shape index (κ3) is 6.88. The zero-order chi connectivity index (χ0) is 20.4. The maximum Gasteiger partial charge on any atom is 0.311 e. The number of rotatable bonds is 11. The van der Waals surface area contributed by atoms with Crippen molar-refractivity contribution < 1.29 is 23.8 Å². The molecule has 0 radical (unpaired) electrons. The third-order valence-electron chi connectivity index (χ3n) is 3.19. The molecule has 0 bridgehead atoms. The molecule has 0 aliphatic rings. The van der Waals surface area contributed by atoms with Crippen LogP contribution in [0, 0.1) is 0 Å². The van der Waals surface area contributed by atoms with Crippen molar-refractivity contribution in [3.8, 4) is 11.5 Å². The van der Waals surface area contributed by atoms with E-state index in [9.17, 15) is 9.59 Å². The molecular formula is C18H22N4O5S. The van der Waals surface area contributed by atoms with Crippen LogP contribution in [0.3, 0.4) is 0 Å². The maximum atomic E-state index is 11.5. The zero-order valence-corrected chi connectivity index (χ0v) is 16.5. The summed E-state index contributed by atoms with van der Waals surface area (Å²) in [5.74, 6) is 0.0287. The Morgan fingerprint density at radius 2 is 2.07 bits per heavy atom. The minimum absolute atomic E-state index is 0.125. The molecule has 10 heteroatoms. The van der Waals surface area contributed by atoms with E-state index in [4.69, 9.17) is 19.9 Å². The Labute approximate surface area is 166 Å². The highest BCUT2D eigenvalue weighted by atomic mass is 32.1. The summed E-state index contributed by atoms with van der Waals surface area (Å²) in [5, 5.41) is 6.46. The number of hydrogen-bond acceptors (Lipinski definition) is 9. The Bertz CT molecular complexity index is 837.